The molecule has 0 amide bonds. The second-order valence-electron chi connectivity index (χ2n) is 3.24. The van der Waals surface area contributed by atoms with Crippen LogP contribution < -0.4 is 10.3 Å². The van der Waals surface area contributed by atoms with Gasteiger partial charge in [-0.05, 0) is 12.1 Å². The summed E-state index contributed by atoms with van der Waals surface area (Å²) in [6.45, 7) is 0.705. The molecular formula is C11H11ClN3+. The predicted molar refractivity (Wildman–Crippen MR) is 59.4 cm³/mol. The maximum absolute atomic E-state index is 5.81. The van der Waals surface area contributed by atoms with Crippen molar-refractivity contribution in [2.24, 2.45) is 0 Å². The zero-order chi connectivity index (χ0) is 10.7. The lowest BCUT2D eigenvalue weighted by atomic mass is 10.3. The Morgan fingerprint density at radius 3 is 2.80 bits per heavy atom. The number of aromatic nitrogens is 2. The molecule has 0 unspecified atom stereocenters. The van der Waals surface area contributed by atoms with E-state index in [0.717, 1.165) is 11.4 Å². The largest absolute Gasteiger partial charge is 0.287 e. The molecule has 0 saturated heterocycles. The number of hydrogen-bond acceptors (Lipinski definition) is 2. The molecule has 0 aliphatic rings. The Hall–Kier alpha value is -1.61. The first-order valence-electron chi connectivity index (χ1n) is 4.60. The van der Waals surface area contributed by atoms with E-state index in [1.165, 1.54) is 0 Å². The van der Waals surface area contributed by atoms with Crippen LogP contribution in [-0.2, 0) is 6.54 Å². The fraction of sp³-hybridized carbons (Fsp3) is 0.0909. The maximum atomic E-state index is 5.81. The Balaban J connectivity index is 2.22. The second-order valence-corrected chi connectivity index (χ2v) is 3.63. The molecule has 0 saturated carbocycles. The van der Waals surface area contributed by atoms with Crippen molar-refractivity contribution in [3.05, 3.63) is 53.4 Å². The molecule has 0 aliphatic carbocycles. The minimum absolute atomic E-state index is 0.504. The molecular weight excluding hydrogens is 210 g/mol. The fourth-order valence-electron chi connectivity index (χ4n) is 1.33. The average Bonchev–Trinajstić information content (AvgIpc) is 2.25. The van der Waals surface area contributed by atoms with E-state index in [0.29, 0.717) is 11.7 Å². The van der Waals surface area contributed by atoms with Crippen molar-refractivity contribution < 1.29 is 4.57 Å². The van der Waals surface area contributed by atoms with Crippen molar-refractivity contribution in [3.8, 4) is 0 Å². The normalized spacial score (nSPS) is 10.2. The number of nitrogens with two attached hydrogens (primary N) is 1. The first kappa shape index (κ1) is 9.93. The standard InChI is InChI=1S/C11H10ClN3/c12-10-5-4-9(7-14-10)8-15-6-2-1-3-11(15)13/h1-7,13H,8H2/p+1. The molecule has 0 atom stereocenters. The predicted octanol–water partition coefficient (Wildman–Crippen LogP) is 1.65. The molecule has 4 heteroatoms. The van der Waals surface area contributed by atoms with E-state index >= 15 is 0 Å². The summed E-state index contributed by atoms with van der Waals surface area (Å²) in [4.78, 5) is 4.02. The van der Waals surface area contributed by atoms with Gasteiger partial charge in [-0.25, -0.2) is 9.55 Å². The van der Waals surface area contributed by atoms with Gasteiger partial charge in [-0.15, -0.1) is 0 Å². The van der Waals surface area contributed by atoms with Crippen LogP contribution in [0.3, 0.4) is 0 Å². The van der Waals surface area contributed by atoms with Gasteiger partial charge >= 0.3 is 0 Å². The average molecular weight is 221 g/mol. The van der Waals surface area contributed by atoms with E-state index in [4.69, 9.17) is 17.3 Å². The smallest absolute Gasteiger partial charge is 0.272 e. The molecule has 0 aliphatic heterocycles. The number of nitrogen functional groups attached to an aromatic ring is 1. The van der Waals surface area contributed by atoms with Crippen LogP contribution in [0.25, 0.3) is 0 Å². The first-order chi connectivity index (χ1) is 7.25. The second kappa shape index (κ2) is 4.28. The lowest BCUT2D eigenvalue weighted by Crippen LogP contribution is -2.37. The Labute approximate surface area is 93.1 Å². The monoisotopic (exact) mass is 220 g/mol. The van der Waals surface area contributed by atoms with E-state index in [1.54, 1.807) is 12.3 Å². The number of rotatable bonds is 2. The van der Waals surface area contributed by atoms with Gasteiger partial charge in [0.25, 0.3) is 5.82 Å². The molecule has 15 heavy (non-hydrogen) atoms. The molecule has 0 radical (unpaired) electrons. The summed E-state index contributed by atoms with van der Waals surface area (Å²) >= 11 is 5.70. The van der Waals surface area contributed by atoms with Crippen LogP contribution in [0.15, 0.2) is 42.7 Å². The zero-order valence-electron chi connectivity index (χ0n) is 8.10. The SMILES string of the molecule is Nc1cccc[n+]1Cc1ccc(Cl)nc1. The summed E-state index contributed by atoms with van der Waals surface area (Å²) in [6, 6.07) is 9.43. The molecule has 3 nitrogen and oxygen atoms in total. The Morgan fingerprint density at radius 1 is 1.27 bits per heavy atom. The molecule has 2 rings (SSSR count). The third-order valence-corrected chi connectivity index (χ3v) is 2.34. The Kier molecular flexibility index (Phi) is 2.83. The minimum atomic E-state index is 0.504. The van der Waals surface area contributed by atoms with Crippen molar-refractivity contribution in [1.82, 2.24) is 4.98 Å². The Bertz CT molecular complexity index is 454. The summed E-state index contributed by atoms with van der Waals surface area (Å²) < 4.78 is 1.95. The molecule has 2 aromatic heterocycles. The van der Waals surface area contributed by atoms with Gasteiger partial charge in [0.15, 0.2) is 0 Å². The summed E-state index contributed by atoms with van der Waals surface area (Å²) in [5.74, 6) is 0.729. The van der Waals surface area contributed by atoms with Crippen molar-refractivity contribution in [3.63, 3.8) is 0 Å². The summed E-state index contributed by atoms with van der Waals surface area (Å²) in [5, 5.41) is 0.504. The fourth-order valence-corrected chi connectivity index (χ4v) is 1.44. The number of hydrogen-bond donors (Lipinski definition) is 1. The zero-order valence-corrected chi connectivity index (χ0v) is 8.85. The molecule has 2 N–H and O–H groups in total. The van der Waals surface area contributed by atoms with Crippen LogP contribution in [0.4, 0.5) is 5.82 Å². The molecule has 0 bridgehead atoms. The van der Waals surface area contributed by atoms with E-state index in [9.17, 15) is 0 Å². The maximum Gasteiger partial charge on any atom is 0.272 e. The van der Waals surface area contributed by atoms with Gasteiger partial charge in [0.2, 0.25) is 0 Å². The van der Waals surface area contributed by atoms with Gasteiger partial charge in [0.05, 0.1) is 6.20 Å². The number of halogens is 1. The van der Waals surface area contributed by atoms with Crippen LogP contribution in [0, 0.1) is 0 Å². The quantitative estimate of drug-likeness (QED) is 0.618. The highest BCUT2D eigenvalue weighted by molar-refractivity contribution is 6.29. The van der Waals surface area contributed by atoms with E-state index in [1.807, 2.05) is 35.0 Å². The topological polar surface area (TPSA) is 42.8 Å². The van der Waals surface area contributed by atoms with Crippen molar-refractivity contribution in [1.29, 1.82) is 0 Å². The molecule has 0 fully saturated rings. The molecule has 2 heterocycles. The van der Waals surface area contributed by atoms with Crippen LogP contribution in [0.2, 0.25) is 5.15 Å². The highest BCUT2D eigenvalue weighted by Gasteiger charge is 2.03. The van der Waals surface area contributed by atoms with Gasteiger partial charge in [0, 0.05) is 17.8 Å². The number of anilines is 1. The highest BCUT2D eigenvalue weighted by Crippen LogP contribution is 2.05. The van der Waals surface area contributed by atoms with Gasteiger partial charge in [0.1, 0.15) is 11.7 Å². The van der Waals surface area contributed by atoms with Crippen LogP contribution >= 0.6 is 11.6 Å². The van der Waals surface area contributed by atoms with Gasteiger partial charge in [-0.2, -0.15) is 0 Å². The third kappa shape index (κ3) is 2.44. The third-order valence-electron chi connectivity index (χ3n) is 2.12. The Morgan fingerprint density at radius 2 is 2.13 bits per heavy atom. The van der Waals surface area contributed by atoms with Crippen molar-refractivity contribution in [2.45, 2.75) is 6.54 Å². The van der Waals surface area contributed by atoms with E-state index < -0.39 is 0 Å². The molecule has 2 aromatic rings. The van der Waals surface area contributed by atoms with Crippen LogP contribution in [0.1, 0.15) is 5.56 Å². The van der Waals surface area contributed by atoms with Gasteiger partial charge in [-0.1, -0.05) is 23.7 Å². The van der Waals surface area contributed by atoms with Crippen LogP contribution in [0.5, 0.6) is 0 Å². The summed E-state index contributed by atoms with van der Waals surface area (Å²) in [6.07, 6.45) is 3.69. The van der Waals surface area contributed by atoms with Gasteiger partial charge in [-0.3, -0.25) is 5.73 Å². The molecule has 76 valence electrons. The lowest BCUT2D eigenvalue weighted by Gasteiger charge is -2.02. The van der Waals surface area contributed by atoms with Crippen molar-refractivity contribution in [2.75, 3.05) is 5.73 Å². The minimum Gasteiger partial charge on any atom is -0.287 e. The molecule has 0 aromatic carbocycles. The summed E-state index contributed by atoms with van der Waals surface area (Å²) in [5.41, 5.74) is 6.89. The van der Waals surface area contributed by atoms with E-state index in [2.05, 4.69) is 4.98 Å². The molecule has 0 spiro atoms. The van der Waals surface area contributed by atoms with Crippen LogP contribution in [-0.4, -0.2) is 4.98 Å². The number of nitrogens with zero attached hydrogens (tertiary/aromatic N) is 2. The van der Waals surface area contributed by atoms with Crippen molar-refractivity contribution >= 4 is 17.4 Å². The highest BCUT2D eigenvalue weighted by atomic mass is 35.5. The van der Waals surface area contributed by atoms with E-state index in [-0.39, 0.29) is 0 Å². The van der Waals surface area contributed by atoms with Gasteiger partial charge < -0.3 is 0 Å². The lowest BCUT2D eigenvalue weighted by molar-refractivity contribution is -0.674. The first-order valence-corrected chi connectivity index (χ1v) is 4.98. The summed E-state index contributed by atoms with van der Waals surface area (Å²) in [7, 11) is 0. The number of pyridine rings is 2.